The molecule has 1 aromatic carbocycles. The number of nitro benzene ring substituents is 1. The molecular formula is C16H18FN3O5. The van der Waals surface area contributed by atoms with Gasteiger partial charge >= 0.3 is 5.97 Å². The molecule has 0 aromatic heterocycles. The highest BCUT2D eigenvalue weighted by Crippen LogP contribution is 2.34. The lowest BCUT2D eigenvalue weighted by Gasteiger charge is -2.14. The van der Waals surface area contributed by atoms with Crippen molar-refractivity contribution in [2.45, 2.75) is 32.2 Å². The predicted molar refractivity (Wildman–Crippen MR) is 85.8 cm³/mol. The van der Waals surface area contributed by atoms with Gasteiger partial charge in [-0.2, -0.15) is 5.48 Å². The van der Waals surface area contributed by atoms with Crippen LogP contribution in [-0.4, -0.2) is 22.8 Å². The molecule has 1 saturated carbocycles. The maximum atomic E-state index is 14.0. The van der Waals surface area contributed by atoms with E-state index < -0.39 is 34.6 Å². The molecule has 0 heterocycles. The summed E-state index contributed by atoms with van der Waals surface area (Å²) in [6.45, 7) is 1.49. The molecule has 0 spiro atoms. The number of nitrogens with zero attached hydrogens (tertiary/aromatic N) is 1. The second-order valence-corrected chi connectivity index (χ2v) is 5.77. The summed E-state index contributed by atoms with van der Waals surface area (Å²) in [7, 11) is 0. The Hall–Kier alpha value is -2.81. The Morgan fingerprint density at radius 3 is 2.60 bits per heavy atom. The van der Waals surface area contributed by atoms with Crippen LogP contribution in [0, 0.1) is 16.0 Å². The average molecular weight is 351 g/mol. The Kier molecular flexibility index (Phi) is 5.81. The molecule has 1 aliphatic carbocycles. The van der Waals surface area contributed by atoms with Crippen LogP contribution in [0.15, 0.2) is 35.7 Å². The van der Waals surface area contributed by atoms with Gasteiger partial charge in [0.2, 0.25) is 0 Å². The maximum Gasteiger partial charge on any atom is 0.362 e. The summed E-state index contributed by atoms with van der Waals surface area (Å²) < 4.78 is 14.0. The van der Waals surface area contributed by atoms with Crippen molar-refractivity contribution in [1.29, 1.82) is 0 Å². The Morgan fingerprint density at radius 1 is 1.40 bits per heavy atom. The first-order valence-corrected chi connectivity index (χ1v) is 7.70. The van der Waals surface area contributed by atoms with Crippen LogP contribution in [0.1, 0.15) is 36.5 Å². The number of nitrogens with one attached hydrogen (secondary N) is 1. The van der Waals surface area contributed by atoms with Crippen LogP contribution in [-0.2, 0) is 9.63 Å². The van der Waals surface area contributed by atoms with Gasteiger partial charge in [-0.05, 0) is 43.9 Å². The van der Waals surface area contributed by atoms with E-state index in [-0.39, 0.29) is 11.3 Å². The topological polar surface area (TPSA) is 125 Å². The summed E-state index contributed by atoms with van der Waals surface area (Å²) in [5, 5.41) is 10.6. The highest BCUT2D eigenvalue weighted by Gasteiger charge is 2.32. The first kappa shape index (κ1) is 18.5. The zero-order chi connectivity index (χ0) is 18.6. The van der Waals surface area contributed by atoms with E-state index in [9.17, 15) is 24.1 Å². The van der Waals surface area contributed by atoms with Crippen LogP contribution in [0.2, 0.25) is 0 Å². The summed E-state index contributed by atoms with van der Waals surface area (Å²) in [6, 6.07) is 3.92. The van der Waals surface area contributed by atoms with Gasteiger partial charge in [0, 0.05) is 12.1 Å². The van der Waals surface area contributed by atoms with Crippen LogP contribution in [0.3, 0.4) is 0 Å². The molecule has 0 aliphatic heterocycles. The van der Waals surface area contributed by atoms with E-state index >= 15 is 0 Å². The predicted octanol–water partition coefficient (Wildman–Crippen LogP) is 2.15. The minimum absolute atomic E-state index is 0.0369. The minimum Gasteiger partial charge on any atom is -0.335 e. The number of nitro groups is 1. The number of nitrogens with two attached hydrogens (primary N) is 1. The monoisotopic (exact) mass is 351 g/mol. The number of benzene rings is 1. The van der Waals surface area contributed by atoms with Gasteiger partial charge in [0.1, 0.15) is 5.83 Å². The molecule has 0 bridgehead atoms. The van der Waals surface area contributed by atoms with E-state index in [1.54, 1.807) is 0 Å². The van der Waals surface area contributed by atoms with E-state index in [1.807, 2.05) is 5.48 Å². The van der Waals surface area contributed by atoms with Gasteiger partial charge in [-0.1, -0.05) is 0 Å². The third kappa shape index (κ3) is 4.38. The van der Waals surface area contributed by atoms with Gasteiger partial charge in [0.05, 0.1) is 22.4 Å². The molecule has 1 unspecified atom stereocenters. The molecule has 9 heteroatoms. The van der Waals surface area contributed by atoms with E-state index in [1.165, 1.54) is 19.1 Å². The van der Waals surface area contributed by atoms with E-state index in [2.05, 4.69) is 0 Å². The smallest absolute Gasteiger partial charge is 0.335 e. The van der Waals surface area contributed by atoms with Crippen molar-refractivity contribution < 1.29 is 23.7 Å². The summed E-state index contributed by atoms with van der Waals surface area (Å²) in [6.07, 6.45) is 1.52. The Balaban J connectivity index is 1.98. The molecule has 2 rings (SSSR count). The summed E-state index contributed by atoms with van der Waals surface area (Å²) >= 11 is 0. The third-order valence-corrected chi connectivity index (χ3v) is 3.94. The normalized spacial score (nSPS) is 19.9. The highest BCUT2D eigenvalue weighted by molar-refractivity contribution is 5.91. The second-order valence-electron chi connectivity index (χ2n) is 5.77. The minimum atomic E-state index is -0.876. The number of hydrogen-bond acceptors (Lipinski definition) is 6. The molecule has 1 amide bonds. The molecule has 3 N–H and O–H groups in total. The number of non-ortho nitro benzene ring substituents is 1. The van der Waals surface area contributed by atoms with Gasteiger partial charge in [0.15, 0.2) is 0 Å². The van der Waals surface area contributed by atoms with E-state index in [0.29, 0.717) is 24.8 Å². The number of rotatable bonds is 4. The molecule has 1 fully saturated rings. The van der Waals surface area contributed by atoms with Crippen molar-refractivity contribution in [3.8, 4) is 0 Å². The number of halogens is 1. The standard InChI is InChI=1S/C16H18FN3O5/c1-9(18)14(17)12-3-2-4-13(12)15(21)19-25-16(22)10-5-7-11(8-6-10)20(23)24/h5-9,13H,2-4,18H2,1H3,(H,19,21)/b14-12-/t9-,13?/m0/s1. The number of carbonyl (C=O) groups excluding carboxylic acids is 2. The molecule has 25 heavy (non-hydrogen) atoms. The second kappa shape index (κ2) is 7.84. The van der Waals surface area contributed by atoms with Gasteiger partial charge in [-0.3, -0.25) is 14.9 Å². The van der Waals surface area contributed by atoms with Crippen LogP contribution >= 0.6 is 0 Å². The quantitative estimate of drug-likeness (QED) is 0.632. The molecule has 1 aliphatic rings. The van der Waals surface area contributed by atoms with Crippen LogP contribution in [0.5, 0.6) is 0 Å². The Bertz CT molecular complexity index is 715. The first-order chi connectivity index (χ1) is 11.8. The van der Waals surface area contributed by atoms with Gasteiger partial charge < -0.3 is 10.6 Å². The van der Waals surface area contributed by atoms with Crippen molar-refractivity contribution in [2.75, 3.05) is 0 Å². The lowest BCUT2D eigenvalue weighted by molar-refractivity contribution is -0.384. The van der Waals surface area contributed by atoms with Gasteiger partial charge in [-0.25, -0.2) is 9.18 Å². The number of amides is 1. The van der Waals surface area contributed by atoms with Crippen LogP contribution < -0.4 is 11.2 Å². The largest absolute Gasteiger partial charge is 0.362 e. The molecule has 134 valence electrons. The van der Waals surface area contributed by atoms with Crippen molar-refractivity contribution in [1.82, 2.24) is 5.48 Å². The maximum absolute atomic E-state index is 14.0. The summed E-state index contributed by atoms with van der Waals surface area (Å²) in [5.41, 5.74) is 7.73. The van der Waals surface area contributed by atoms with Crippen molar-refractivity contribution in [2.24, 2.45) is 11.7 Å². The van der Waals surface area contributed by atoms with E-state index in [0.717, 1.165) is 12.1 Å². The lowest BCUT2D eigenvalue weighted by Crippen LogP contribution is -2.33. The molecule has 2 atom stereocenters. The van der Waals surface area contributed by atoms with Crippen molar-refractivity contribution >= 4 is 17.6 Å². The zero-order valence-electron chi connectivity index (χ0n) is 13.5. The summed E-state index contributed by atoms with van der Waals surface area (Å²) in [4.78, 5) is 38.7. The fourth-order valence-electron chi connectivity index (χ4n) is 2.66. The lowest BCUT2D eigenvalue weighted by atomic mass is 9.99. The number of hydroxylamine groups is 1. The van der Waals surface area contributed by atoms with Crippen molar-refractivity contribution in [3.05, 3.63) is 51.3 Å². The summed E-state index contributed by atoms with van der Waals surface area (Å²) in [5.74, 6) is -2.74. The zero-order valence-corrected chi connectivity index (χ0v) is 13.5. The van der Waals surface area contributed by atoms with Crippen LogP contribution in [0.25, 0.3) is 0 Å². The fourth-order valence-corrected chi connectivity index (χ4v) is 2.66. The SMILES string of the molecule is C[C@H](N)/C(F)=C1\CCCC1C(=O)NOC(=O)c1ccc([N+](=O)[O-])cc1. The molecule has 0 saturated heterocycles. The molecule has 8 nitrogen and oxygen atoms in total. The number of hydrogen-bond donors (Lipinski definition) is 2. The van der Waals surface area contributed by atoms with Gasteiger partial charge in [0.25, 0.3) is 11.6 Å². The highest BCUT2D eigenvalue weighted by atomic mass is 19.1. The Labute approximate surface area is 142 Å². The van der Waals surface area contributed by atoms with Gasteiger partial charge in [-0.15, -0.1) is 0 Å². The van der Waals surface area contributed by atoms with Crippen LogP contribution in [0.4, 0.5) is 10.1 Å². The first-order valence-electron chi connectivity index (χ1n) is 7.70. The third-order valence-electron chi connectivity index (χ3n) is 3.94. The fraction of sp³-hybridized carbons (Fsp3) is 0.375. The van der Waals surface area contributed by atoms with Crippen molar-refractivity contribution in [3.63, 3.8) is 0 Å². The Morgan fingerprint density at radius 2 is 2.04 bits per heavy atom. The molecule has 0 radical (unpaired) electrons. The molecular weight excluding hydrogens is 333 g/mol. The van der Waals surface area contributed by atoms with E-state index in [4.69, 9.17) is 10.6 Å². The average Bonchev–Trinajstić information content (AvgIpc) is 3.08. The molecule has 1 aromatic rings. The number of carbonyl (C=O) groups is 2.